The van der Waals surface area contributed by atoms with E-state index in [1.54, 1.807) is 4.31 Å². The highest BCUT2D eigenvalue weighted by Crippen LogP contribution is 2.20. The summed E-state index contributed by atoms with van der Waals surface area (Å²) < 4.78 is 26.2. The second kappa shape index (κ2) is 7.49. The standard InChI is InChI=1S/C14H31NO2S/c1-7-8-11-18(16,17)15(12-13(2)3)10-9-14(4,5)6/h13H,7-12H2,1-6H3. The third kappa shape index (κ3) is 8.09. The van der Waals surface area contributed by atoms with Gasteiger partial charge in [-0.3, -0.25) is 0 Å². The van der Waals surface area contributed by atoms with Gasteiger partial charge in [0, 0.05) is 13.1 Å². The third-order valence-electron chi connectivity index (χ3n) is 2.83. The largest absolute Gasteiger partial charge is 0.214 e. The monoisotopic (exact) mass is 277 g/mol. The highest BCUT2D eigenvalue weighted by Gasteiger charge is 2.24. The van der Waals surface area contributed by atoms with E-state index in [0.717, 1.165) is 19.3 Å². The van der Waals surface area contributed by atoms with Crippen LogP contribution >= 0.6 is 0 Å². The first-order chi connectivity index (χ1) is 8.08. The maximum atomic E-state index is 12.3. The summed E-state index contributed by atoms with van der Waals surface area (Å²) in [6.07, 6.45) is 2.59. The van der Waals surface area contributed by atoms with Crippen LogP contribution in [-0.2, 0) is 10.0 Å². The SMILES string of the molecule is CCCCS(=O)(=O)N(CCC(C)(C)C)CC(C)C. The fraction of sp³-hybridized carbons (Fsp3) is 1.00. The molecule has 0 aliphatic rings. The number of hydrogen-bond donors (Lipinski definition) is 0. The van der Waals surface area contributed by atoms with E-state index in [4.69, 9.17) is 0 Å². The maximum absolute atomic E-state index is 12.3. The molecule has 0 spiro atoms. The van der Waals surface area contributed by atoms with Crippen molar-refractivity contribution in [2.45, 2.75) is 60.8 Å². The molecule has 0 N–H and O–H groups in total. The highest BCUT2D eigenvalue weighted by molar-refractivity contribution is 7.89. The number of nitrogens with zero attached hydrogens (tertiary/aromatic N) is 1. The predicted molar refractivity (Wildman–Crippen MR) is 79.2 cm³/mol. The zero-order valence-electron chi connectivity index (χ0n) is 13.0. The molecule has 4 heteroatoms. The first-order valence-corrected chi connectivity index (χ1v) is 8.67. The number of rotatable bonds is 8. The van der Waals surface area contributed by atoms with Crippen LogP contribution < -0.4 is 0 Å². The summed E-state index contributed by atoms with van der Waals surface area (Å²) in [5.74, 6) is 0.668. The number of sulfonamides is 1. The zero-order chi connectivity index (χ0) is 14.4. The van der Waals surface area contributed by atoms with Gasteiger partial charge in [-0.25, -0.2) is 12.7 Å². The van der Waals surface area contributed by atoms with Crippen LogP contribution in [-0.4, -0.2) is 31.6 Å². The molecular weight excluding hydrogens is 246 g/mol. The van der Waals surface area contributed by atoms with E-state index in [1.165, 1.54) is 0 Å². The summed E-state index contributed by atoms with van der Waals surface area (Å²) >= 11 is 0. The molecule has 0 atom stereocenters. The Labute approximate surface area is 114 Å². The van der Waals surface area contributed by atoms with Gasteiger partial charge in [0.1, 0.15) is 0 Å². The van der Waals surface area contributed by atoms with Gasteiger partial charge in [-0.2, -0.15) is 0 Å². The summed E-state index contributed by atoms with van der Waals surface area (Å²) in [6, 6.07) is 0. The minimum atomic E-state index is -3.07. The van der Waals surface area contributed by atoms with Gasteiger partial charge in [0.25, 0.3) is 0 Å². The summed E-state index contributed by atoms with van der Waals surface area (Å²) in [4.78, 5) is 0. The molecule has 0 heterocycles. The molecule has 0 fully saturated rings. The Morgan fingerprint density at radius 3 is 2.11 bits per heavy atom. The van der Waals surface area contributed by atoms with Crippen molar-refractivity contribution < 1.29 is 8.42 Å². The fourth-order valence-corrected chi connectivity index (χ4v) is 3.47. The number of hydrogen-bond acceptors (Lipinski definition) is 2. The summed E-state index contributed by atoms with van der Waals surface area (Å²) in [7, 11) is -3.07. The predicted octanol–water partition coefficient (Wildman–Crippen LogP) is 3.51. The molecule has 0 amide bonds. The van der Waals surface area contributed by atoms with Crippen LogP contribution in [0.4, 0.5) is 0 Å². The molecule has 0 aromatic carbocycles. The minimum Gasteiger partial charge on any atom is -0.212 e. The first-order valence-electron chi connectivity index (χ1n) is 7.06. The van der Waals surface area contributed by atoms with Gasteiger partial charge >= 0.3 is 0 Å². The van der Waals surface area contributed by atoms with Crippen LogP contribution in [0.2, 0.25) is 0 Å². The van der Waals surface area contributed by atoms with Crippen molar-refractivity contribution in [3.63, 3.8) is 0 Å². The fourth-order valence-electron chi connectivity index (χ4n) is 1.67. The average Bonchev–Trinajstić information content (AvgIpc) is 2.19. The quantitative estimate of drug-likeness (QED) is 0.681. The van der Waals surface area contributed by atoms with Gasteiger partial charge < -0.3 is 0 Å². The Morgan fingerprint density at radius 2 is 1.72 bits per heavy atom. The highest BCUT2D eigenvalue weighted by atomic mass is 32.2. The van der Waals surface area contributed by atoms with E-state index >= 15 is 0 Å². The summed E-state index contributed by atoms with van der Waals surface area (Å²) in [5.41, 5.74) is 0.176. The molecule has 18 heavy (non-hydrogen) atoms. The van der Waals surface area contributed by atoms with Crippen LogP contribution in [0.25, 0.3) is 0 Å². The molecule has 110 valence electrons. The van der Waals surface area contributed by atoms with E-state index in [2.05, 4.69) is 34.6 Å². The van der Waals surface area contributed by atoms with Crippen LogP contribution in [0.1, 0.15) is 60.8 Å². The average molecular weight is 277 g/mol. The molecular formula is C14H31NO2S. The minimum absolute atomic E-state index is 0.176. The van der Waals surface area contributed by atoms with Crippen LogP contribution in [0, 0.1) is 11.3 Å². The molecule has 0 saturated carbocycles. The lowest BCUT2D eigenvalue weighted by Gasteiger charge is -2.27. The third-order valence-corrected chi connectivity index (χ3v) is 4.75. The van der Waals surface area contributed by atoms with Gasteiger partial charge in [-0.1, -0.05) is 48.0 Å². The molecule has 0 aliphatic carbocycles. The lowest BCUT2D eigenvalue weighted by Crippen LogP contribution is -2.38. The smallest absolute Gasteiger partial charge is 0.212 e. The van der Waals surface area contributed by atoms with E-state index in [1.807, 2.05) is 6.92 Å². The van der Waals surface area contributed by atoms with Gasteiger partial charge in [-0.05, 0) is 24.2 Å². The van der Waals surface area contributed by atoms with E-state index < -0.39 is 10.0 Å². The Bertz CT molecular complexity index is 315. The van der Waals surface area contributed by atoms with E-state index in [0.29, 0.717) is 24.8 Å². The zero-order valence-corrected chi connectivity index (χ0v) is 13.8. The van der Waals surface area contributed by atoms with Crippen molar-refractivity contribution in [1.82, 2.24) is 4.31 Å². The van der Waals surface area contributed by atoms with Crippen LogP contribution in [0.5, 0.6) is 0 Å². The molecule has 0 unspecified atom stereocenters. The van der Waals surface area contributed by atoms with Gasteiger partial charge in [-0.15, -0.1) is 0 Å². The second-order valence-corrected chi connectivity index (χ2v) is 8.82. The second-order valence-electron chi connectivity index (χ2n) is 6.73. The summed E-state index contributed by atoms with van der Waals surface area (Å²) in [6.45, 7) is 13.9. The van der Waals surface area contributed by atoms with Crippen molar-refractivity contribution in [3.05, 3.63) is 0 Å². The molecule has 0 saturated heterocycles. The first kappa shape index (κ1) is 17.9. The van der Waals surface area contributed by atoms with Crippen molar-refractivity contribution in [2.75, 3.05) is 18.8 Å². The lowest BCUT2D eigenvalue weighted by atomic mass is 9.92. The molecule has 0 aromatic rings. The summed E-state index contributed by atoms with van der Waals surface area (Å²) in [5, 5.41) is 0. The Kier molecular flexibility index (Phi) is 7.45. The van der Waals surface area contributed by atoms with Crippen LogP contribution in [0.3, 0.4) is 0 Å². The molecule has 3 nitrogen and oxygen atoms in total. The van der Waals surface area contributed by atoms with Crippen molar-refractivity contribution in [1.29, 1.82) is 0 Å². The Hall–Kier alpha value is -0.0900. The van der Waals surface area contributed by atoms with Crippen molar-refractivity contribution in [2.24, 2.45) is 11.3 Å². The normalized spacial score (nSPS) is 13.6. The van der Waals surface area contributed by atoms with E-state index in [-0.39, 0.29) is 5.41 Å². The molecule has 0 rings (SSSR count). The molecule has 0 radical (unpaired) electrons. The van der Waals surface area contributed by atoms with Crippen molar-refractivity contribution >= 4 is 10.0 Å². The molecule has 0 bridgehead atoms. The lowest BCUT2D eigenvalue weighted by molar-refractivity contribution is 0.293. The van der Waals surface area contributed by atoms with E-state index in [9.17, 15) is 8.42 Å². The number of unbranched alkanes of at least 4 members (excludes halogenated alkanes) is 1. The Balaban J connectivity index is 4.66. The van der Waals surface area contributed by atoms with Gasteiger partial charge in [0.15, 0.2) is 0 Å². The van der Waals surface area contributed by atoms with Gasteiger partial charge in [0.2, 0.25) is 10.0 Å². The molecule has 0 aromatic heterocycles. The van der Waals surface area contributed by atoms with Gasteiger partial charge in [0.05, 0.1) is 5.75 Å². The van der Waals surface area contributed by atoms with Crippen LogP contribution in [0.15, 0.2) is 0 Å². The molecule has 0 aliphatic heterocycles. The van der Waals surface area contributed by atoms with Crippen molar-refractivity contribution in [3.8, 4) is 0 Å². The topological polar surface area (TPSA) is 37.4 Å². The maximum Gasteiger partial charge on any atom is 0.214 e. The Morgan fingerprint density at radius 1 is 1.17 bits per heavy atom.